The lowest BCUT2D eigenvalue weighted by atomic mass is 10.2. The fourth-order valence-electron chi connectivity index (χ4n) is 0.754. The largest absolute Gasteiger partial charge is 0.442 e. The molecule has 1 rings (SSSR count). The Morgan fingerprint density at radius 2 is 2.12 bits per heavy atom. The fourth-order valence-corrected chi connectivity index (χ4v) is 0.754. The Bertz CT molecular complexity index is 366. The zero-order chi connectivity index (χ0) is 12.2. The summed E-state index contributed by atoms with van der Waals surface area (Å²) in [5, 5.41) is 0. The van der Waals surface area contributed by atoms with Crippen LogP contribution in [0.15, 0.2) is 17.0 Å². The number of amides is 1. The number of nitrogens with zero attached hydrogens (tertiary/aromatic N) is 1. The van der Waals surface area contributed by atoms with Crippen LogP contribution in [0.25, 0.3) is 0 Å². The van der Waals surface area contributed by atoms with Gasteiger partial charge in [0.15, 0.2) is 6.39 Å². The average Bonchev–Trinajstić information content (AvgIpc) is 2.64. The number of ether oxygens (including phenoxy) is 1. The SMILES string of the molecule is CC(C)(C)OC(=O)NOC(=O)c1cnco1. The lowest BCUT2D eigenvalue weighted by molar-refractivity contribution is -0.00315. The average molecular weight is 228 g/mol. The number of hydrogen-bond donors (Lipinski definition) is 1. The van der Waals surface area contributed by atoms with E-state index in [4.69, 9.17) is 4.74 Å². The van der Waals surface area contributed by atoms with Crippen molar-refractivity contribution in [3.8, 4) is 0 Å². The minimum Gasteiger partial charge on any atom is -0.442 e. The first-order valence-corrected chi connectivity index (χ1v) is 4.47. The number of aromatic nitrogens is 1. The van der Waals surface area contributed by atoms with Crippen molar-refractivity contribution in [2.75, 3.05) is 0 Å². The summed E-state index contributed by atoms with van der Waals surface area (Å²) >= 11 is 0. The first-order chi connectivity index (χ1) is 7.38. The van der Waals surface area contributed by atoms with Gasteiger partial charge in [-0.1, -0.05) is 0 Å². The van der Waals surface area contributed by atoms with Crippen LogP contribution in [0.2, 0.25) is 0 Å². The van der Waals surface area contributed by atoms with Crippen LogP contribution < -0.4 is 5.48 Å². The Morgan fingerprint density at radius 3 is 2.62 bits per heavy atom. The summed E-state index contributed by atoms with van der Waals surface area (Å²) < 4.78 is 9.48. The molecular formula is C9H12N2O5. The molecule has 16 heavy (non-hydrogen) atoms. The zero-order valence-corrected chi connectivity index (χ0v) is 9.14. The topological polar surface area (TPSA) is 90.7 Å². The highest BCUT2D eigenvalue weighted by molar-refractivity contribution is 5.86. The van der Waals surface area contributed by atoms with Crippen molar-refractivity contribution in [2.24, 2.45) is 0 Å². The third-order valence-electron chi connectivity index (χ3n) is 1.26. The fraction of sp³-hybridized carbons (Fsp3) is 0.444. The molecule has 0 fully saturated rings. The molecule has 1 N–H and O–H groups in total. The minimum absolute atomic E-state index is 0.115. The molecule has 7 heteroatoms. The molecule has 0 aromatic carbocycles. The van der Waals surface area contributed by atoms with Crippen molar-refractivity contribution in [3.05, 3.63) is 18.4 Å². The number of carbonyl (C=O) groups is 2. The number of hydroxylamine groups is 1. The number of nitrogens with one attached hydrogen (secondary N) is 1. The molecule has 0 aliphatic heterocycles. The molecule has 0 radical (unpaired) electrons. The molecule has 1 aromatic rings. The monoisotopic (exact) mass is 228 g/mol. The van der Waals surface area contributed by atoms with E-state index in [0.717, 1.165) is 6.39 Å². The maximum atomic E-state index is 11.1. The standard InChI is InChI=1S/C9H12N2O5/c1-9(2,3)15-8(13)11-16-7(12)6-4-10-5-14-6/h4-5H,1-3H3,(H,11,13). The van der Waals surface area contributed by atoms with E-state index in [1.807, 2.05) is 5.48 Å². The van der Waals surface area contributed by atoms with Crippen LogP contribution in [0.3, 0.4) is 0 Å². The summed E-state index contributed by atoms with van der Waals surface area (Å²) in [6.07, 6.45) is 1.38. The van der Waals surface area contributed by atoms with Crippen molar-refractivity contribution in [1.82, 2.24) is 10.5 Å². The maximum absolute atomic E-state index is 11.1. The number of hydrogen-bond acceptors (Lipinski definition) is 6. The lowest BCUT2D eigenvalue weighted by Gasteiger charge is -2.18. The molecule has 0 spiro atoms. The van der Waals surface area contributed by atoms with Gasteiger partial charge in [0.1, 0.15) is 5.60 Å². The predicted octanol–water partition coefficient (Wildman–Crippen LogP) is 1.27. The highest BCUT2D eigenvalue weighted by Crippen LogP contribution is 2.06. The molecule has 0 bridgehead atoms. The van der Waals surface area contributed by atoms with Gasteiger partial charge in [-0.3, -0.25) is 0 Å². The van der Waals surface area contributed by atoms with E-state index in [-0.39, 0.29) is 5.76 Å². The van der Waals surface area contributed by atoms with Gasteiger partial charge in [-0.15, -0.1) is 5.48 Å². The molecule has 0 saturated carbocycles. The third-order valence-corrected chi connectivity index (χ3v) is 1.26. The van der Waals surface area contributed by atoms with Gasteiger partial charge in [-0.2, -0.15) is 0 Å². The Balaban J connectivity index is 2.35. The second-order valence-electron chi connectivity index (χ2n) is 3.86. The van der Waals surface area contributed by atoms with Crippen molar-refractivity contribution < 1.29 is 23.6 Å². The highest BCUT2D eigenvalue weighted by Gasteiger charge is 2.18. The Morgan fingerprint density at radius 1 is 1.44 bits per heavy atom. The normalized spacial score (nSPS) is 10.7. The van der Waals surface area contributed by atoms with Gasteiger partial charge >= 0.3 is 12.1 Å². The highest BCUT2D eigenvalue weighted by atomic mass is 16.7. The number of rotatable bonds is 1. The van der Waals surface area contributed by atoms with E-state index < -0.39 is 17.7 Å². The van der Waals surface area contributed by atoms with Crippen molar-refractivity contribution >= 4 is 12.1 Å². The van der Waals surface area contributed by atoms with Gasteiger partial charge in [0.05, 0.1) is 6.20 Å². The van der Waals surface area contributed by atoms with Gasteiger partial charge in [0, 0.05) is 0 Å². The van der Waals surface area contributed by atoms with Gasteiger partial charge < -0.3 is 14.0 Å². The number of carbonyl (C=O) groups excluding carboxylic acids is 2. The Labute approximate surface area is 91.7 Å². The summed E-state index contributed by atoms with van der Waals surface area (Å²) in [5.41, 5.74) is 1.16. The zero-order valence-electron chi connectivity index (χ0n) is 9.14. The summed E-state index contributed by atoms with van der Waals surface area (Å²) in [7, 11) is 0. The number of oxazole rings is 1. The van der Waals surface area contributed by atoms with Crippen molar-refractivity contribution in [1.29, 1.82) is 0 Å². The van der Waals surface area contributed by atoms with Crippen LogP contribution in [-0.4, -0.2) is 22.6 Å². The van der Waals surface area contributed by atoms with Gasteiger partial charge in [-0.05, 0) is 20.8 Å². The molecule has 1 heterocycles. The smallest absolute Gasteiger partial charge is 0.441 e. The van der Waals surface area contributed by atoms with E-state index in [9.17, 15) is 9.59 Å². The first kappa shape index (κ1) is 12.0. The van der Waals surface area contributed by atoms with Crippen LogP contribution in [0.1, 0.15) is 31.3 Å². The summed E-state index contributed by atoms with van der Waals surface area (Å²) in [6.45, 7) is 5.06. The van der Waals surface area contributed by atoms with E-state index in [2.05, 4.69) is 14.2 Å². The van der Waals surface area contributed by atoms with Crippen LogP contribution in [0.5, 0.6) is 0 Å². The second kappa shape index (κ2) is 4.65. The Hall–Kier alpha value is -2.05. The van der Waals surface area contributed by atoms with Crippen LogP contribution in [-0.2, 0) is 9.57 Å². The van der Waals surface area contributed by atoms with Gasteiger partial charge in [-0.25, -0.2) is 14.6 Å². The minimum atomic E-state index is -0.861. The summed E-state index contributed by atoms with van der Waals surface area (Å²) in [4.78, 5) is 30.1. The molecule has 0 aliphatic rings. The molecule has 0 atom stereocenters. The van der Waals surface area contributed by atoms with E-state index in [1.165, 1.54) is 6.20 Å². The molecule has 1 aromatic heterocycles. The van der Waals surface area contributed by atoms with Gasteiger partial charge in [0.2, 0.25) is 5.76 Å². The van der Waals surface area contributed by atoms with E-state index >= 15 is 0 Å². The molecule has 0 aliphatic carbocycles. The lowest BCUT2D eigenvalue weighted by Crippen LogP contribution is -2.34. The second-order valence-corrected chi connectivity index (χ2v) is 3.86. The Kier molecular flexibility index (Phi) is 3.49. The molecule has 1 amide bonds. The van der Waals surface area contributed by atoms with Crippen molar-refractivity contribution in [2.45, 2.75) is 26.4 Å². The molecule has 0 unspecified atom stereocenters. The van der Waals surface area contributed by atoms with Crippen molar-refractivity contribution in [3.63, 3.8) is 0 Å². The molecule has 7 nitrogen and oxygen atoms in total. The summed E-state index contributed by atoms with van der Waals surface area (Å²) in [6, 6.07) is 0. The maximum Gasteiger partial charge on any atom is 0.441 e. The molecule has 88 valence electrons. The third kappa shape index (κ3) is 3.99. The molecule has 0 saturated heterocycles. The summed E-state index contributed by atoms with van der Waals surface area (Å²) in [5.74, 6) is -0.973. The van der Waals surface area contributed by atoms with Crippen LogP contribution >= 0.6 is 0 Å². The first-order valence-electron chi connectivity index (χ1n) is 4.47. The molecular weight excluding hydrogens is 216 g/mol. The van der Waals surface area contributed by atoms with Crippen LogP contribution in [0.4, 0.5) is 4.79 Å². The van der Waals surface area contributed by atoms with Crippen LogP contribution in [0, 0.1) is 0 Å². The predicted molar refractivity (Wildman–Crippen MR) is 51.3 cm³/mol. The van der Waals surface area contributed by atoms with Gasteiger partial charge in [0.25, 0.3) is 0 Å². The van der Waals surface area contributed by atoms with E-state index in [0.29, 0.717) is 0 Å². The van der Waals surface area contributed by atoms with E-state index in [1.54, 1.807) is 20.8 Å². The quantitative estimate of drug-likeness (QED) is 0.728.